The van der Waals surface area contributed by atoms with Crippen LogP contribution < -0.4 is 10.1 Å². The fourth-order valence-corrected chi connectivity index (χ4v) is 4.68. The van der Waals surface area contributed by atoms with E-state index in [1.165, 1.54) is 5.56 Å². The number of carbonyl (C=O) groups excluding carboxylic acids is 1. The molecule has 4 aromatic rings. The normalized spacial score (nSPS) is 15.6. The number of rotatable bonds is 5. The number of fused-ring (bicyclic) bond motifs is 2. The van der Waals surface area contributed by atoms with Gasteiger partial charge in [-0.3, -0.25) is 9.48 Å². The largest absolute Gasteiger partial charge is 0.491 e. The van der Waals surface area contributed by atoms with E-state index in [0.717, 1.165) is 35.5 Å². The van der Waals surface area contributed by atoms with Crippen LogP contribution in [0.4, 0.5) is 5.69 Å². The SMILES string of the molecule is CCCn1cc(C(=O)N2Cc3ccccc3NCc3ccccc3OC[C@@H]2Cc2ccccc2)cn1. The number of benzene rings is 3. The highest BCUT2D eigenvalue weighted by molar-refractivity contribution is 5.94. The van der Waals surface area contributed by atoms with E-state index >= 15 is 0 Å². The fourth-order valence-electron chi connectivity index (χ4n) is 4.68. The molecule has 0 saturated heterocycles. The molecule has 1 amide bonds. The number of nitrogens with one attached hydrogen (secondary N) is 1. The molecule has 0 fully saturated rings. The summed E-state index contributed by atoms with van der Waals surface area (Å²) in [6, 6.07) is 26.5. The van der Waals surface area contributed by atoms with Gasteiger partial charge in [-0.25, -0.2) is 0 Å². The number of carbonyl (C=O) groups is 1. The summed E-state index contributed by atoms with van der Waals surface area (Å²) in [7, 11) is 0. The molecular formula is C30H32N4O2. The molecule has 0 aliphatic carbocycles. The first-order valence-electron chi connectivity index (χ1n) is 12.6. The number of hydrogen-bond donors (Lipinski definition) is 1. The van der Waals surface area contributed by atoms with Gasteiger partial charge in [-0.2, -0.15) is 5.10 Å². The Morgan fingerprint density at radius 2 is 1.75 bits per heavy atom. The number of nitrogens with zero attached hydrogens (tertiary/aromatic N) is 3. The van der Waals surface area contributed by atoms with Crippen molar-refractivity contribution < 1.29 is 9.53 Å². The Labute approximate surface area is 212 Å². The minimum absolute atomic E-state index is 0.0378. The predicted molar refractivity (Wildman–Crippen MR) is 142 cm³/mol. The van der Waals surface area contributed by atoms with Crippen LogP contribution in [0.5, 0.6) is 5.75 Å². The maximum atomic E-state index is 14.0. The van der Waals surface area contributed by atoms with Crippen molar-refractivity contribution in [2.24, 2.45) is 0 Å². The standard InChI is InChI=1S/C30H32N4O2/c1-2-16-33-20-26(19-32-33)30(35)34-21-25-13-6-8-14-28(25)31-18-24-12-7-9-15-29(24)36-22-27(34)17-23-10-4-3-5-11-23/h3-15,19-20,27,31H,2,16-18,21-22H2,1H3/t27-/m0/s1. The molecule has 3 aromatic carbocycles. The minimum Gasteiger partial charge on any atom is -0.491 e. The summed E-state index contributed by atoms with van der Waals surface area (Å²) < 4.78 is 8.25. The third-order valence-corrected chi connectivity index (χ3v) is 6.58. The number of anilines is 1. The molecule has 2 heterocycles. The monoisotopic (exact) mass is 480 g/mol. The number of aromatic nitrogens is 2. The highest BCUT2D eigenvalue weighted by Gasteiger charge is 2.28. The van der Waals surface area contributed by atoms with Gasteiger partial charge in [-0.05, 0) is 36.1 Å². The molecule has 0 unspecified atom stereocenters. The molecule has 184 valence electrons. The molecule has 1 aromatic heterocycles. The molecule has 1 aliphatic rings. The van der Waals surface area contributed by atoms with Gasteiger partial charge in [0.1, 0.15) is 12.4 Å². The third kappa shape index (κ3) is 5.43. The van der Waals surface area contributed by atoms with Crippen LogP contribution in [-0.4, -0.2) is 33.2 Å². The average molecular weight is 481 g/mol. The summed E-state index contributed by atoms with van der Waals surface area (Å²) in [6.07, 6.45) is 5.19. The molecule has 36 heavy (non-hydrogen) atoms. The zero-order valence-electron chi connectivity index (χ0n) is 20.6. The van der Waals surface area contributed by atoms with Gasteiger partial charge in [0.05, 0.1) is 17.8 Å². The van der Waals surface area contributed by atoms with Gasteiger partial charge in [0, 0.05) is 37.1 Å². The van der Waals surface area contributed by atoms with Gasteiger partial charge >= 0.3 is 0 Å². The Bertz CT molecular complexity index is 1300. The Hall–Kier alpha value is -4.06. The van der Waals surface area contributed by atoms with E-state index in [4.69, 9.17) is 4.74 Å². The lowest BCUT2D eigenvalue weighted by Gasteiger charge is -2.32. The summed E-state index contributed by atoms with van der Waals surface area (Å²) in [5.41, 5.74) is 4.95. The number of hydrogen-bond acceptors (Lipinski definition) is 4. The molecule has 6 nitrogen and oxygen atoms in total. The first-order valence-corrected chi connectivity index (χ1v) is 12.6. The summed E-state index contributed by atoms with van der Waals surface area (Å²) in [5.74, 6) is 0.801. The molecule has 0 saturated carbocycles. The second-order valence-corrected chi connectivity index (χ2v) is 9.20. The van der Waals surface area contributed by atoms with Gasteiger partial charge < -0.3 is 15.0 Å². The topological polar surface area (TPSA) is 59.4 Å². The lowest BCUT2D eigenvalue weighted by molar-refractivity contribution is 0.0591. The second-order valence-electron chi connectivity index (χ2n) is 9.20. The van der Waals surface area contributed by atoms with Crippen LogP contribution >= 0.6 is 0 Å². The van der Waals surface area contributed by atoms with E-state index in [1.54, 1.807) is 6.20 Å². The van der Waals surface area contributed by atoms with Gasteiger partial charge in [0.25, 0.3) is 5.91 Å². The van der Waals surface area contributed by atoms with Gasteiger partial charge in [-0.15, -0.1) is 0 Å². The van der Waals surface area contributed by atoms with Crippen LogP contribution in [-0.2, 0) is 26.1 Å². The van der Waals surface area contributed by atoms with Crippen LogP contribution in [0.3, 0.4) is 0 Å². The van der Waals surface area contributed by atoms with Crippen LogP contribution in [0.1, 0.15) is 40.4 Å². The van der Waals surface area contributed by atoms with E-state index in [0.29, 0.717) is 31.7 Å². The van der Waals surface area contributed by atoms with Crippen LogP contribution in [0, 0.1) is 0 Å². The predicted octanol–water partition coefficient (Wildman–Crippen LogP) is 5.55. The van der Waals surface area contributed by atoms with Crippen LogP contribution in [0.2, 0.25) is 0 Å². The molecule has 0 radical (unpaired) electrons. The molecule has 5 rings (SSSR count). The second kappa shape index (κ2) is 11.1. The van der Waals surface area contributed by atoms with E-state index < -0.39 is 0 Å². The number of amides is 1. The van der Waals surface area contributed by atoms with Gasteiger partial charge in [0.2, 0.25) is 0 Å². The molecule has 0 bridgehead atoms. The van der Waals surface area contributed by atoms with Gasteiger partial charge in [-0.1, -0.05) is 73.7 Å². The van der Waals surface area contributed by atoms with Crippen molar-refractivity contribution in [2.75, 3.05) is 11.9 Å². The van der Waals surface area contributed by atoms with Crippen molar-refractivity contribution in [3.05, 3.63) is 114 Å². The zero-order valence-corrected chi connectivity index (χ0v) is 20.6. The van der Waals surface area contributed by atoms with E-state index in [2.05, 4.69) is 47.7 Å². The van der Waals surface area contributed by atoms with Crippen molar-refractivity contribution in [1.29, 1.82) is 0 Å². The minimum atomic E-state index is -0.173. The zero-order chi connectivity index (χ0) is 24.7. The number of para-hydroxylation sites is 2. The molecule has 6 heteroatoms. The average Bonchev–Trinajstić information content (AvgIpc) is 3.37. The van der Waals surface area contributed by atoms with Crippen molar-refractivity contribution in [3.8, 4) is 5.75 Å². The Balaban J connectivity index is 1.56. The molecule has 1 atom stereocenters. The highest BCUT2D eigenvalue weighted by Crippen LogP contribution is 2.27. The molecule has 0 spiro atoms. The number of aryl methyl sites for hydroxylation is 1. The molecular weight excluding hydrogens is 448 g/mol. The summed E-state index contributed by atoms with van der Waals surface area (Å²) in [5, 5.41) is 7.99. The quantitative estimate of drug-likeness (QED) is 0.407. The lowest BCUT2D eigenvalue weighted by Crippen LogP contribution is -2.44. The van der Waals surface area contributed by atoms with Crippen molar-refractivity contribution in [2.45, 2.75) is 45.4 Å². The third-order valence-electron chi connectivity index (χ3n) is 6.58. The van der Waals surface area contributed by atoms with E-state index in [9.17, 15) is 4.79 Å². The lowest BCUT2D eigenvalue weighted by atomic mass is 10.0. The molecule has 1 aliphatic heterocycles. The Morgan fingerprint density at radius 1 is 1.00 bits per heavy atom. The summed E-state index contributed by atoms with van der Waals surface area (Å²) in [4.78, 5) is 16.0. The highest BCUT2D eigenvalue weighted by atomic mass is 16.5. The summed E-state index contributed by atoms with van der Waals surface area (Å²) >= 11 is 0. The van der Waals surface area contributed by atoms with E-state index in [1.807, 2.05) is 64.3 Å². The van der Waals surface area contributed by atoms with E-state index in [-0.39, 0.29) is 11.9 Å². The number of ether oxygens (including phenoxy) is 1. The Kier molecular flexibility index (Phi) is 7.31. The van der Waals surface area contributed by atoms with Gasteiger partial charge in [0.15, 0.2) is 0 Å². The van der Waals surface area contributed by atoms with Crippen LogP contribution in [0.15, 0.2) is 91.3 Å². The first-order chi connectivity index (χ1) is 17.7. The molecule has 1 N–H and O–H groups in total. The maximum absolute atomic E-state index is 14.0. The summed E-state index contributed by atoms with van der Waals surface area (Å²) in [6.45, 7) is 4.40. The Morgan fingerprint density at radius 3 is 2.58 bits per heavy atom. The van der Waals surface area contributed by atoms with Crippen molar-refractivity contribution >= 4 is 11.6 Å². The first kappa shape index (κ1) is 23.7. The van der Waals surface area contributed by atoms with Crippen LogP contribution in [0.25, 0.3) is 0 Å². The van der Waals surface area contributed by atoms with Crippen molar-refractivity contribution in [3.63, 3.8) is 0 Å². The maximum Gasteiger partial charge on any atom is 0.257 e. The van der Waals surface area contributed by atoms with Crippen molar-refractivity contribution in [1.82, 2.24) is 14.7 Å². The smallest absolute Gasteiger partial charge is 0.257 e. The fraction of sp³-hybridized carbons (Fsp3) is 0.267.